The molecule has 0 amide bonds. The minimum absolute atomic E-state index is 0.0166. The van der Waals surface area contributed by atoms with E-state index >= 15 is 0 Å². The summed E-state index contributed by atoms with van der Waals surface area (Å²) < 4.78 is 5.88. The molecule has 0 radical (unpaired) electrons. The van der Waals surface area contributed by atoms with E-state index < -0.39 is 0 Å². The second-order valence-corrected chi connectivity index (χ2v) is 5.59. The Morgan fingerprint density at radius 1 is 1.26 bits per heavy atom. The monoisotopic (exact) mass is 268 g/mol. The number of ether oxygens (including phenoxy) is 1. The van der Waals surface area contributed by atoms with Crippen LogP contribution >= 0.6 is 0 Å². The molecule has 0 aromatic carbocycles. The molecule has 1 saturated heterocycles. The number of hydrogen-bond acceptors (Lipinski definition) is 3. The number of hydrogen-bond donors (Lipinski definition) is 0. The first-order valence-corrected chi connectivity index (χ1v) is 8.08. The van der Waals surface area contributed by atoms with Crippen molar-refractivity contribution in [3.05, 3.63) is 0 Å². The maximum Gasteiger partial charge on any atom is 0.0892 e. The van der Waals surface area contributed by atoms with Crippen LogP contribution in [0.25, 0.3) is 0 Å². The lowest BCUT2D eigenvalue weighted by Crippen LogP contribution is -2.48. The summed E-state index contributed by atoms with van der Waals surface area (Å²) >= 11 is 0. The van der Waals surface area contributed by atoms with E-state index in [4.69, 9.17) is 9.84 Å². The van der Waals surface area contributed by atoms with Crippen LogP contribution in [0.3, 0.4) is 0 Å². The molecule has 1 rings (SSSR count). The Bertz CT molecular complexity index is 253. The van der Waals surface area contributed by atoms with Crippen molar-refractivity contribution in [2.45, 2.75) is 83.8 Å². The van der Waals surface area contributed by atoms with Crippen molar-refractivity contribution < 1.29 is 4.74 Å². The van der Waals surface area contributed by atoms with Crippen LogP contribution in [0.5, 0.6) is 0 Å². The van der Waals surface area contributed by atoms with Crippen molar-refractivity contribution >= 4 is 6.21 Å². The highest BCUT2D eigenvalue weighted by Crippen LogP contribution is 2.34. The zero-order chi connectivity index (χ0) is 14.1. The summed E-state index contributed by atoms with van der Waals surface area (Å²) in [5.74, 6) is 0. The first-order chi connectivity index (χ1) is 9.24. The van der Waals surface area contributed by atoms with Crippen molar-refractivity contribution in [3.63, 3.8) is 0 Å². The molecule has 1 heterocycles. The molecule has 0 bridgehead atoms. The second-order valence-electron chi connectivity index (χ2n) is 5.59. The highest BCUT2D eigenvalue weighted by molar-refractivity contribution is 5.56. The second kappa shape index (κ2) is 8.57. The lowest BCUT2D eigenvalue weighted by Gasteiger charge is -2.39. The van der Waals surface area contributed by atoms with Gasteiger partial charge in [0, 0.05) is 19.9 Å². The molecular formula is C16H32N2O. The number of rotatable bonds is 9. The smallest absolute Gasteiger partial charge is 0.0892 e. The molecule has 0 aliphatic carbocycles. The predicted octanol–water partition coefficient (Wildman–Crippen LogP) is 4.22. The summed E-state index contributed by atoms with van der Waals surface area (Å²) in [5, 5.41) is 6.99. The minimum atomic E-state index is -0.0166. The van der Waals surface area contributed by atoms with Gasteiger partial charge in [0.1, 0.15) is 0 Å². The molecular weight excluding hydrogens is 236 g/mol. The Morgan fingerprint density at radius 2 is 2.00 bits per heavy atom. The molecule has 1 fully saturated rings. The van der Waals surface area contributed by atoms with E-state index in [0.717, 1.165) is 25.8 Å². The van der Waals surface area contributed by atoms with Gasteiger partial charge in [0.15, 0.2) is 0 Å². The number of hydrazone groups is 1. The van der Waals surface area contributed by atoms with Crippen LogP contribution in [0.2, 0.25) is 0 Å². The Kier molecular flexibility index (Phi) is 7.44. The summed E-state index contributed by atoms with van der Waals surface area (Å²) in [6, 6.07) is 0.454. The molecule has 0 unspecified atom stereocenters. The van der Waals surface area contributed by atoms with Gasteiger partial charge in [0.2, 0.25) is 0 Å². The van der Waals surface area contributed by atoms with E-state index in [1.165, 1.54) is 32.1 Å². The standard InChI is InChI=1S/C16H32N2O/c1-5-8-9-10-13-17-18-14-11-12-15(18)16(6-2,7-3)19-4/h13,15H,5-12,14H2,1-4H3/t15-/m0/s1. The van der Waals surface area contributed by atoms with Crippen molar-refractivity contribution in [2.75, 3.05) is 13.7 Å². The molecule has 112 valence electrons. The van der Waals surface area contributed by atoms with E-state index in [1.807, 2.05) is 7.11 Å². The van der Waals surface area contributed by atoms with Crippen LogP contribution in [0.4, 0.5) is 0 Å². The van der Waals surface area contributed by atoms with Gasteiger partial charge in [-0.3, -0.25) is 5.01 Å². The average molecular weight is 268 g/mol. The van der Waals surface area contributed by atoms with E-state index in [1.54, 1.807) is 0 Å². The van der Waals surface area contributed by atoms with Gasteiger partial charge in [-0.2, -0.15) is 5.10 Å². The minimum Gasteiger partial charge on any atom is -0.376 e. The summed E-state index contributed by atoms with van der Waals surface area (Å²) in [6.45, 7) is 7.78. The Hall–Kier alpha value is -0.570. The third-order valence-corrected chi connectivity index (χ3v) is 4.60. The van der Waals surface area contributed by atoms with Gasteiger partial charge in [-0.05, 0) is 38.5 Å². The first kappa shape index (κ1) is 16.5. The summed E-state index contributed by atoms with van der Waals surface area (Å²) in [4.78, 5) is 0. The van der Waals surface area contributed by atoms with E-state index in [0.29, 0.717) is 6.04 Å². The molecule has 1 aliphatic rings. The zero-order valence-electron chi connectivity index (χ0n) is 13.3. The third kappa shape index (κ3) is 4.20. The van der Waals surface area contributed by atoms with E-state index in [-0.39, 0.29) is 5.60 Å². The van der Waals surface area contributed by atoms with Crippen molar-refractivity contribution in [2.24, 2.45) is 5.10 Å². The van der Waals surface area contributed by atoms with Gasteiger partial charge >= 0.3 is 0 Å². The van der Waals surface area contributed by atoms with Gasteiger partial charge in [-0.1, -0.05) is 33.6 Å². The van der Waals surface area contributed by atoms with Gasteiger partial charge in [-0.15, -0.1) is 0 Å². The van der Waals surface area contributed by atoms with Crippen molar-refractivity contribution in [3.8, 4) is 0 Å². The normalized spacial score (nSPS) is 20.6. The number of unbranched alkanes of at least 4 members (excludes halogenated alkanes) is 3. The number of methoxy groups -OCH3 is 1. The van der Waals surface area contributed by atoms with Gasteiger partial charge in [0.05, 0.1) is 11.6 Å². The molecule has 3 heteroatoms. The summed E-state index contributed by atoms with van der Waals surface area (Å²) in [5.41, 5.74) is -0.0166. The molecule has 0 aromatic heterocycles. The molecule has 0 spiro atoms. The predicted molar refractivity (Wildman–Crippen MR) is 82.7 cm³/mol. The fourth-order valence-electron chi connectivity index (χ4n) is 3.22. The number of nitrogens with zero attached hydrogens (tertiary/aromatic N) is 2. The largest absolute Gasteiger partial charge is 0.376 e. The topological polar surface area (TPSA) is 24.8 Å². The SMILES string of the molecule is CCCCCC=NN1CCC[C@H]1C(CC)(CC)OC. The van der Waals surface area contributed by atoms with E-state index in [2.05, 4.69) is 32.0 Å². The van der Waals surface area contributed by atoms with E-state index in [9.17, 15) is 0 Å². The van der Waals surface area contributed by atoms with Crippen LogP contribution in [-0.2, 0) is 4.74 Å². The summed E-state index contributed by atoms with van der Waals surface area (Å²) in [7, 11) is 1.86. The van der Waals surface area contributed by atoms with Crippen molar-refractivity contribution in [1.82, 2.24) is 5.01 Å². The van der Waals surface area contributed by atoms with Crippen LogP contribution < -0.4 is 0 Å². The Labute approximate surface area is 119 Å². The molecule has 3 nitrogen and oxygen atoms in total. The fourth-order valence-corrected chi connectivity index (χ4v) is 3.22. The van der Waals surface area contributed by atoms with Gasteiger partial charge < -0.3 is 4.74 Å². The first-order valence-electron chi connectivity index (χ1n) is 8.08. The fraction of sp³-hybridized carbons (Fsp3) is 0.938. The lowest BCUT2D eigenvalue weighted by molar-refractivity contribution is -0.0731. The third-order valence-electron chi connectivity index (χ3n) is 4.60. The lowest BCUT2D eigenvalue weighted by atomic mass is 9.87. The molecule has 1 atom stereocenters. The Morgan fingerprint density at radius 3 is 2.58 bits per heavy atom. The zero-order valence-corrected chi connectivity index (χ0v) is 13.3. The molecule has 0 N–H and O–H groups in total. The summed E-state index contributed by atoms with van der Waals surface area (Å²) in [6.07, 6.45) is 11.6. The Balaban J connectivity index is 2.57. The highest BCUT2D eigenvalue weighted by Gasteiger charge is 2.41. The quantitative estimate of drug-likeness (QED) is 0.462. The van der Waals surface area contributed by atoms with Gasteiger partial charge in [0.25, 0.3) is 0 Å². The van der Waals surface area contributed by atoms with Gasteiger partial charge in [-0.25, -0.2) is 0 Å². The van der Waals surface area contributed by atoms with Crippen LogP contribution in [0.1, 0.15) is 72.1 Å². The maximum absolute atomic E-state index is 5.88. The van der Waals surface area contributed by atoms with Crippen LogP contribution in [-0.4, -0.2) is 36.5 Å². The highest BCUT2D eigenvalue weighted by atomic mass is 16.5. The van der Waals surface area contributed by atoms with Crippen LogP contribution in [0, 0.1) is 0 Å². The molecule has 0 aromatic rings. The van der Waals surface area contributed by atoms with Crippen LogP contribution in [0.15, 0.2) is 5.10 Å². The average Bonchev–Trinajstić information content (AvgIpc) is 2.90. The molecule has 19 heavy (non-hydrogen) atoms. The molecule has 0 saturated carbocycles. The molecule has 1 aliphatic heterocycles. The maximum atomic E-state index is 5.88. The van der Waals surface area contributed by atoms with Crippen molar-refractivity contribution in [1.29, 1.82) is 0 Å².